The molecule has 0 heterocycles. The van der Waals surface area contributed by atoms with Crippen LogP contribution in [0.3, 0.4) is 0 Å². The molecular formula is C18H18Si2. The minimum atomic E-state index is 0.708. The van der Waals surface area contributed by atoms with E-state index in [1.165, 1.54) is 23.2 Å². The zero-order chi connectivity index (χ0) is 13.6. The first-order valence-corrected chi connectivity index (χ1v) is 9.35. The molecule has 0 amide bonds. The lowest BCUT2D eigenvalue weighted by molar-refractivity contribution is 1.02. The van der Waals surface area contributed by atoms with Crippen LogP contribution < -0.4 is 10.4 Å². The first kappa shape index (κ1) is 13.6. The van der Waals surface area contributed by atoms with E-state index in [1.807, 2.05) is 0 Å². The third kappa shape index (κ3) is 3.81. The highest BCUT2D eigenvalue weighted by Gasteiger charge is 2.10. The highest BCUT2D eigenvalue weighted by Crippen LogP contribution is 2.17. The van der Waals surface area contributed by atoms with Crippen molar-refractivity contribution in [1.29, 1.82) is 0 Å². The van der Waals surface area contributed by atoms with E-state index >= 15 is 0 Å². The molecule has 4 radical (unpaired) electrons. The molecule has 0 nitrogen and oxygen atoms in total. The van der Waals surface area contributed by atoms with Crippen molar-refractivity contribution in [1.82, 2.24) is 0 Å². The van der Waals surface area contributed by atoms with E-state index in [0.29, 0.717) is 11.1 Å². The van der Waals surface area contributed by atoms with Crippen LogP contribution in [0.4, 0.5) is 0 Å². The van der Waals surface area contributed by atoms with Crippen molar-refractivity contribution in [3.05, 3.63) is 72.9 Å². The van der Waals surface area contributed by atoms with E-state index in [-0.39, 0.29) is 0 Å². The van der Waals surface area contributed by atoms with Crippen molar-refractivity contribution in [3.63, 3.8) is 0 Å². The fourth-order valence-electron chi connectivity index (χ4n) is 2.47. The molecule has 0 saturated carbocycles. The molecule has 2 unspecified atom stereocenters. The molecule has 1 aromatic carbocycles. The maximum Gasteiger partial charge on any atom is 0.0887 e. The van der Waals surface area contributed by atoms with Crippen LogP contribution in [0.25, 0.3) is 0 Å². The Balaban J connectivity index is 1.57. The van der Waals surface area contributed by atoms with Gasteiger partial charge in [-0.1, -0.05) is 83.2 Å². The molecule has 0 aromatic heterocycles. The van der Waals surface area contributed by atoms with Gasteiger partial charge in [0, 0.05) is 0 Å². The van der Waals surface area contributed by atoms with Crippen molar-refractivity contribution in [2.75, 3.05) is 0 Å². The quantitative estimate of drug-likeness (QED) is 0.748. The molecule has 2 heteroatoms. The van der Waals surface area contributed by atoms with Crippen LogP contribution in [-0.2, 0) is 0 Å². The molecule has 3 rings (SSSR count). The summed E-state index contributed by atoms with van der Waals surface area (Å²) in [6.07, 6.45) is 20.3. The predicted molar refractivity (Wildman–Crippen MR) is 90.5 cm³/mol. The smallest absolute Gasteiger partial charge is 0.0843 e. The van der Waals surface area contributed by atoms with E-state index in [0.717, 1.165) is 19.0 Å². The second-order valence-electron chi connectivity index (χ2n) is 5.18. The van der Waals surface area contributed by atoms with Gasteiger partial charge in [0.1, 0.15) is 0 Å². The molecular weight excluding hydrogens is 272 g/mol. The molecule has 98 valence electrons. The van der Waals surface area contributed by atoms with Crippen molar-refractivity contribution >= 4 is 29.4 Å². The SMILES string of the molecule is C1=CCC([Si]c2ccc([Si]C3C=CC=CC3)cc2)C=C1. The average molecular weight is 291 g/mol. The molecule has 0 bridgehead atoms. The Morgan fingerprint density at radius 3 is 1.45 bits per heavy atom. The van der Waals surface area contributed by atoms with Gasteiger partial charge in [-0.3, -0.25) is 0 Å². The summed E-state index contributed by atoms with van der Waals surface area (Å²) in [5.41, 5.74) is 1.42. The van der Waals surface area contributed by atoms with Gasteiger partial charge in [-0.15, -0.1) is 0 Å². The first-order valence-electron chi connectivity index (χ1n) is 7.20. The molecule has 2 aliphatic carbocycles. The Hall–Kier alpha value is -1.39. The normalized spacial score (nSPS) is 24.2. The van der Waals surface area contributed by atoms with Crippen LogP contribution in [0.15, 0.2) is 72.9 Å². The lowest BCUT2D eigenvalue weighted by atomic mass is 10.2. The summed E-state index contributed by atoms with van der Waals surface area (Å²) in [6.45, 7) is 0. The summed E-state index contributed by atoms with van der Waals surface area (Å²) in [5, 5.41) is 2.98. The fraction of sp³-hybridized carbons (Fsp3) is 0.222. The third-order valence-corrected chi connectivity index (χ3v) is 6.48. The predicted octanol–water partition coefficient (Wildman–Crippen LogP) is 2.95. The topological polar surface area (TPSA) is 0 Å². The summed E-state index contributed by atoms with van der Waals surface area (Å²) >= 11 is 0. The second kappa shape index (κ2) is 6.86. The number of hydrogen-bond acceptors (Lipinski definition) is 0. The van der Waals surface area contributed by atoms with Gasteiger partial charge >= 0.3 is 0 Å². The Morgan fingerprint density at radius 1 is 0.650 bits per heavy atom. The summed E-state index contributed by atoms with van der Waals surface area (Å²) in [7, 11) is 1.80. The standard InChI is InChI=1S/C18H18Si2/c1-3-7-15(8-4-1)19-17-11-13-18(14-12-17)20-16-9-5-2-6-10-16/h1-7,9,11-16H,8,10H2. The van der Waals surface area contributed by atoms with E-state index in [1.54, 1.807) is 0 Å². The van der Waals surface area contributed by atoms with Crippen LogP contribution in [0.2, 0.25) is 11.1 Å². The molecule has 0 spiro atoms. The van der Waals surface area contributed by atoms with Crippen LogP contribution in [0, 0.1) is 0 Å². The van der Waals surface area contributed by atoms with Crippen LogP contribution in [-0.4, -0.2) is 19.0 Å². The molecule has 0 saturated heterocycles. The van der Waals surface area contributed by atoms with Gasteiger partial charge < -0.3 is 0 Å². The minimum absolute atomic E-state index is 0.708. The van der Waals surface area contributed by atoms with Crippen molar-refractivity contribution in [2.45, 2.75) is 23.9 Å². The molecule has 20 heavy (non-hydrogen) atoms. The number of allylic oxidation sites excluding steroid dienone is 8. The van der Waals surface area contributed by atoms with E-state index < -0.39 is 0 Å². The molecule has 2 aliphatic rings. The minimum Gasteiger partial charge on any atom is -0.0843 e. The van der Waals surface area contributed by atoms with Crippen LogP contribution in [0.1, 0.15) is 12.8 Å². The molecule has 0 aliphatic heterocycles. The largest absolute Gasteiger partial charge is 0.0887 e. The maximum absolute atomic E-state index is 2.34. The maximum atomic E-state index is 2.34. The Bertz CT molecular complexity index is 498. The monoisotopic (exact) mass is 290 g/mol. The fourth-order valence-corrected chi connectivity index (χ4v) is 4.96. The van der Waals surface area contributed by atoms with Gasteiger partial charge in [0.05, 0.1) is 19.0 Å². The molecule has 0 N–H and O–H groups in total. The average Bonchev–Trinajstić information content (AvgIpc) is 2.51. The van der Waals surface area contributed by atoms with Crippen LogP contribution >= 0.6 is 0 Å². The number of hydrogen-bond donors (Lipinski definition) is 0. The first-order chi connectivity index (χ1) is 9.90. The summed E-state index contributed by atoms with van der Waals surface area (Å²) in [6, 6.07) is 9.31. The van der Waals surface area contributed by atoms with Crippen LogP contribution in [0.5, 0.6) is 0 Å². The van der Waals surface area contributed by atoms with Gasteiger partial charge in [-0.2, -0.15) is 0 Å². The second-order valence-corrected chi connectivity index (χ2v) is 8.39. The zero-order valence-corrected chi connectivity index (χ0v) is 13.5. The summed E-state index contributed by atoms with van der Waals surface area (Å²) in [5.74, 6) is 0. The van der Waals surface area contributed by atoms with Crippen molar-refractivity contribution < 1.29 is 0 Å². The van der Waals surface area contributed by atoms with Crippen molar-refractivity contribution in [2.24, 2.45) is 0 Å². The molecule has 2 atom stereocenters. The van der Waals surface area contributed by atoms with Gasteiger partial charge in [-0.25, -0.2) is 0 Å². The number of rotatable bonds is 4. The van der Waals surface area contributed by atoms with Gasteiger partial charge in [0.25, 0.3) is 0 Å². The number of benzene rings is 1. The Labute approximate surface area is 126 Å². The van der Waals surface area contributed by atoms with E-state index in [9.17, 15) is 0 Å². The molecule has 1 aromatic rings. The van der Waals surface area contributed by atoms with Gasteiger partial charge in [0.2, 0.25) is 0 Å². The van der Waals surface area contributed by atoms with E-state index in [2.05, 4.69) is 72.9 Å². The molecule has 0 fully saturated rings. The Kier molecular flexibility index (Phi) is 4.66. The highest BCUT2D eigenvalue weighted by atomic mass is 28.2. The lowest BCUT2D eigenvalue weighted by Gasteiger charge is -2.13. The summed E-state index contributed by atoms with van der Waals surface area (Å²) in [4.78, 5) is 0. The Morgan fingerprint density at radius 2 is 1.10 bits per heavy atom. The van der Waals surface area contributed by atoms with E-state index in [4.69, 9.17) is 0 Å². The third-order valence-electron chi connectivity index (χ3n) is 3.55. The van der Waals surface area contributed by atoms with Gasteiger partial charge in [0.15, 0.2) is 0 Å². The zero-order valence-electron chi connectivity index (χ0n) is 11.5. The summed E-state index contributed by atoms with van der Waals surface area (Å²) < 4.78 is 0. The van der Waals surface area contributed by atoms with Crippen molar-refractivity contribution in [3.8, 4) is 0 Å². The van der Waals surface area contributed by atoms with Gasteiger partial charge in [-0.05, 0) is 23.9 Å². The highest BCUT2D eigenvalue weighted by molar-refractivity contribution is 6.57. The lowest BCUT2D eigenvalue weighted by Crippen LogP contribution is -2.24.